The summed E-state index contributed by atoms with van der Waals surface area (Å²) in [7, 11) is -2.11. The third kappa shape index (κ3) is 4.36. The van der Waals surface area contributed by atoms with Gasteiger partial charge < -0.3 is 10.2 Å². The summed E-state index contributed by atoms with van der Waals surface area (Å²) in [5, 5.41) is 44.5. The quantitative estimate of drug-likeness (QED) is 0.439. The molecule has 0 amide bonds. The largest absolute Gasteiger partial charge is 0.504 e. The second-order valence-corrected chi connectivity index (χ2v) is 7.15. The van der Waals surface area contributed by atoms with Crippen molar-refractivity contribution in [1.82, 2.24) is 9.78 Å². The number of aryl methyl sites for hydroxylation is 1. The molecule has 0 aliphatic carbocycles. The summed E-state index contributed by atoms with van der Waals surface area (Å²) < 4.78 is 24.0. The van der Waals surface area contributed by atoms with Crippen LogP contribution in [0.4, 0.5) is 22.9 Å². The first-order chi connectivity index (χ1) is 13.2. The molecule has 28 heavy (non-hydrogen) atoms. The van der Waals surface area contributed by atoms with Gasteiger partial charge in [-0.3, -0.25) is 0 Å². The lowest BCUT2D eigenvalue weighted by molar-refractivity contribution is 0.405. The molecule has 4 N–H and O–H groups in total. The first-order valence-electron chi connectivity index (χ1n) is 7.74. The van der Waals surface area contributed by atoms with Crippen LogP contribution in [0.3, 0.4) is 0 Å². The van der Waals surface area contributed by atoms with Crippen molar-refractivity contribution in [2.75, 3.05) is 0 Å². The van der Waals surface area contributed by atoms with Crippen LogP contribution in [0.1, 0.15) is 0 Å². The highest BCUT2D eigenvalue weighted by molar-refractivity contribution is 7.89. The summed E-state index contributed by atoms with van der Waals surface area (Å²) in [4.78, 5) is -0.0495. The van der Waals surface area contributed by atoms with E-state index < -0.39 is 21.5 Å². The average Bonchev–Trinajstić information content (AvgIpc) is 3.06. The molecule has 0 fully saturated rings. The zero-order chi connectivity index (χ0) is 20.3. The number of phenolic OH excluding ortho intramolecular Hbond substituents is 2. The molecule has 12 heteroatoms. The Labute approximate surface area is 159 Å². The molecule has 3 rings (SSSR count). The van der Waals surface area contributed by atoms with Gasteiger partial charge in [-0.15, -0.1) is 10.2 Å². The topological polar surface area (TPSA) is 168 Å². The Balaban J connectivity index is 1.86. The zero-order valence-electron chi connectivity index (χ0n) is 14.5. The van der Waals surface area contributed by atoms with E-state index in [1.165, 1.54) is 47.3 Å². The van der Waals surface area contributed by atoms with Crippen molar-refractivity contribution < 1.29 is 18.6 Å². The predicted octanol–water partition coefficient (Wildman–Crippen LogP) is 3.31. The van der Waals surface area contributed by atoms with Crippen LogP contribution in [-0.2, 0) is 17.1 Å². The maximum Gasteiger partial charge on any atom is 0.238 e. The number of nitrogens with zero attached hydrogens (tertiary/aromatic N) is 6. The normalized spacial score (nSPS) is 12.2. The van der Waals surface area contributed by atoms with Gasteiger partial charge in [0.15, 0.2) is 17.3 Å². The van der Waals surface area contributed by atoms with Gasteiger partial charge in [-0.05, 0) is 30.3 Å². The second-order valence-electron chi connectivity index (χ2n) is 5.58. The highest BCUT2D eigenvalue weighted by atomic mass is 32.2. The second kappa shape index (κ2) is 7.54. The summed E-state index contributed by atoms with van der Waals surface area (Å²) in [6.45, 7) is 0. The van der Waals surface area contributed by atoms with Gasteiger partial charge in [-0.1, -0.05) is 0 Å². The van der Waals surface area contributed by atoms with Crippen LogP contribution < -0.4 is 5.14 Å². The lowest BCUT2D eigenvalue weighted by Crippen LogP contribution is -2.11. The van der Waals surface area contributed by atoms with Crippen molar-refractivity contribution in [1.29, 1.82) is 0 Å². The molecule has 0 aliphatic rings. The van der Waals surface area contributed by atoms with Gasteiger partial charge in [-0.25, -0.2) is 18.2 Å². The van der Waals surface area contributed by atoms with Gasteiger partial charge in [-0.2, -0.15) is 15.3 Å². The van der Waals surface area contributed by atoms with E-state index in [-0.39, 0.29) is 16.3 Å². The number of primary sulfonamides is 1. The lowest BCUT2D eigenvalue weighted by atomic mass is 10.2. The molecule has 0 radical (unpaired) electrons. The highest BCUT2D eigenvalue weighted by Gasteiger charge is 2.10. The number of phenols is 2. The number of rotatable bonds is 5. The number of hydrogen-bond acceptors (Lipinski definition) is 9. The van der Waals surface area contributed by atoms with Crippen molar-refractivity contribution in [2.24, 2.45) is 32.6 Å². The van der Waals surface area contributed by atoms with E-state index in [9.17, 15) is 18.6 Å². The van der Waals surface area contributed by atoms with Gasteiger partial charge in [0.25, 0.3) is 0 Å². The Morgan fingerprint density at radius 1 is 0.964 bits per heavy atom. The molecule has 1 aromatic heterocycles. The number of benzene rings is 2. The minimum absolute atomic E-state index is 0.0141. The van der Waals surface area contributed by atoms with Crippen LogP contribution in [0.5, 0.6) is 11.5 Å². The number of aromatic nitrogens is 2. The molecule has 0 saturated carbocycles. The molecule has 0 unspecified atom stereocenters. The predicted molar refractivity (Wildman–Crippen MR) is 99.1 cm³/mol. The molecule has 2 aromatic carbocycles. The fourth-order valence-corrected chi connectivity index (χ4v) is 2.63. The SMILES string of the molecule is Cn1nccc1N=Nc1cc(N=Nc2ccc(S(N)(=O)=O)cc2)cc(O)c1O. The molecule has 0 spiro atoms. The summed E-state index contributed by atoms with van der Waals surface area (Å²) in [6, 6.07) is 9.63. The average molecular weight is 401 g/mol. The number of sulfonamides is 1. The maximum absolute atomic E-state index is 11.2. The number of aromatic hydroxyl groups is 2. The van der Waals surface area contributed by atoms with E-state index in [0.717, 1.165) is 0 Å². The summed E-state index contributed by atoms with van der Waals surface area (Å²) in [5.74, 6) is -0.455. The van der Waals surface area contributed by atoms with Gasteiger partial charge >= 0.3 is 0 Å². The summed E-state index contributed by atoms with van der Waals surface area (Å²) in [5.41, 5.74) is 0.544. The third-order valence-electron chi connectivity index (χ3n) is 3.56. The minimum Gasteiger partial charge on any atom is -0.504 e. The van der Waals surface area contributed by atoms with Crippen LogP contribution in [0.15, 0.2) is 74.0 Å². The molecule has 11 nitrogen and oxygen atoms in total. The Kier molecular flexibility index (Phi) is 5.15. The van der Waals surface area contributed by atoms with Crippen molar-refractivity contribution in [3.05, 3.63) is 48.7 Å². The Hall–Kier alpha value is -3.64. The van der Waals surface area contributed by atoms with Gasteiger partial charge in [0.05, 0.1) is 22.5 Å². The number of azo groups is 2. The maximum atomic E-state index is 11.2. The van der Waals surface area contributed by atoms with Gasteiger partial charge in [0, 0.05) is 19.2 Å². The van der Waals surface area contributed by atoms with Crippen LogP contribution in [0.25, 0.3) is 0 Å². The summed E-state index contributed by atoms with van der Waals surface area (Å²) in [6.07, 6.45) is 1.54. The molecule has 3 aromatic rings. The van der Waals surface area contributed by atoms with E-state index in [2.05, 4.69) is 25.6 Å². The van der Waals surface area contributed by atoms with E-state index >= 15 is 0 Å². The van der Waals surface area contributed by atoms with E-state index in [0.29, 0.717) is 11.5 Å². The first kappa shape index (κ1) is 19.1. The van der Waals surface area contributed by atoms with Gasteiger partial charge in [0.1, 0.15) is 5.69 Å². The van der Waals surface area contributed by atoms with Crippen molar-refractivity contribution in [3.63, 3.8) is 0 Å². The molecule has 0 aliphatic heterocycles. The lowest BCUT2D eigenvalue weighted by Gasteiger charge is -2.03. The monoisotopic (exact) mass is 401 g/mol. The van der Waals surface area contributed by atoms with E-state index in [4.69, 9.17) is 5.14 Å². The molecule has 144 valence electrons. The number of hydrogen-bond donors (Lipinski definition) is 3. The zero-order valence-corrected chi connectivity index (χ0v) is 15.3. The molecule has 1 heterocycles. The molecular weight excluding hydrogens is 386 g/mol. The van der Waals surface area contributed by atoms with Gasteiger partial charge in [0.2, 0.25) is 10.0 Å². The van der Waals surface area contributed by atoms with Crippen LogP contribution >= 0.6 is 0 Å². The third-order valence-corrected chi connectivity index (χ3v) is 4.49. The fourth-order valence-electron chi connectivity index (χ4n) is 2.11. The Bertz CT molecular complexity index is 1170. The van der Waals surface area contributed by atoms with E-state index in [1.54, 1.807) is 13.1 Å². The van der Waals surface area contributed by atoms with Crippen LogP contribution in [0.2, 0.25) is 0 Å². The standard InChI is InChI=1S/C16H15N7O4S/c1-23-15(6-7-18-23)22-21-13-8-11(9-14(24)16(13)25)20-19-10-2-4-12(5-3-10)28(17,26)27/h2-9,24-25H,1H3,(H2,17,26,27). The van der Waals surface area contributed by atoms with E-state index in [1.807, 2.05) is 0 Å². The Morgan fingerprint density at radius 2 is 1.64 bits per heavy atom. The minimum atomic E-state index is -3.79. The van der Waals surface area contributed by atoms with Crippen molar-refractivity contribution in [3.8, 4) is 11.5 Å². The van der Waals surface area contributed by atoms with Crippen molar-refractivity contribution >= 4 is 32.9 Å². The highest BCUT2D eigenvalue weighted by Crippen LogP contribution is 2.40. The first-order valence-corrected chi connectivity index (χ1v) is 9.29. The number of nitrogens with two attached hydrogens (primary N) is 1. The smallest absolute Gasteiger partial charge is 0.238 e. The molecule has 0 atom stereocenters. The molecular formula is C16H15N7O4S. The summed E-state index contributed by atoms with van der Waals surface area (Å²) >= 11 is 0. The van der Waals surface area contributed by atoms with Crippen LogP contribution in [0, 0.1) is 0 Å². The Morgan fingerprint density at radius 3 is 2.25 bits per heavy atom. The van der Waals surface area contributed by atoms with Crippen molar-refractivity contribution in [2.45, 2.75) is 4.90 Å². The van der Waals surface area contributed by atoms with Crippen LogP contribution in [-0.4, -0.2) is 28.4 Å². The molecule has 0 saturated heterocycles. The fraction of sp³-hybridized carbons (Fsp3) is 0.0625. The molecule has 0 bridgehead atoms.